The van der Waals surface area contributed by atoms with Crippen LogP contribution >= 0.6 is 12.4 Å². The van der Waals surface area contributed by atoms with Gasteiger partial charge in [-0.2, -0.15) is 0 Å². The molecule has 0 unspecified atom stereocenters. The second kappa shape index (κ2) is 10.4. The maximum absolute atomic E-state index is 12.2. The molecule has 25 heavy (non-hydrogen) atoms. The lowest BCUT2D eigenvalue weighted by molar-refractivity contribution is 0.0953. The summed E-state index contributed by atoms with van der Waals surface area (Å²) in [5.74, 6) is -0.344. The van der Waals surface area contributed by atoms with E-state index in [0.29, 0.717) is 24.2 Å². The molecule has 0 saturated heterocycles. The number of amides is 2. The first-order valence-electron chi connectivity index (χ1n) is 8.11. The summed E-state index contributed by atoms with van der Waals surface area (Å²) >= 11 is 0. The lowest BCUT2D eigenvalue weighted by Crippen LogP contribution is -2.27. The minimum absolute atomic E-state index is 0. The van der Waals surface area contributed by atoms with Crippen LogP contribution in [-0.2, 0) is 6.42 Å². The van der Waals surface area contributed by atoms with Crippen molar-refractivity contribution in [2.75, 3.05) is 18.8 Å². The van der Waals surface area contributed by atoms with Crippen LogP contribution in [0.2, 0.25) is 0 Å². The molecule has 0 aromatic heterocycles. The van der Waals surface area contributed by atoms with E-state index in [4.69, 9.17) is 5.73 Å². The zero-order valence-corrected chi connectivity index (χ0v) is 15.1. The van der Waals surface area contributed by atoms with Gasteiger partial charge >= 0.3 is 0 Å². The van der Waals surface area contributed by atoms with Crippen LogP contribution in [0.1, 0.15) is 39.6 Å². The van der Waals surface area contributed by atoms with Crippen molar-refractivity contribution in [2.45, 2.75) is 19.8 Å². The summed E-state index contributed by atoms with van der Waals surface area (Å²) in [4.78, 5) is 24.2. The molecule has 2 aromatic rings. The molecule has 0 saturated carbocycles. The highest BCUT2D eigenvalue weighted by atomic mass is 35.5. The first-order valence-corrected chi connectivity index (χ1v) is 8.11. The maximum Gasteiger partial charge on any atom is 0.251 e. The average Bonchev–Trinajstić information content (AvgIpc) is 2.61. The van der Waals surface area contributed by atoms with Crippen molar-refractivity contribution in [3.05, 3.63) is 65.2 Å². The molecule has 4 N–H and O–H groups in total. The molecule has 6 heteroatoms. The van der Waals surface area contributed by atoms with Gasteiger partial charge in [-0.25, -0.2) is 0 Å². The second-order valence-corrected chi connectivity index (χ2v) is 5.58. The summed E-state index contributed by atoms with van der Waals surface area (Å²) in [5.41, 5.74) is 8.46. The van der Waals surface area contributed by atoms with Crippen LogP contribution in [0.4, 0.5) is 5.69 Å². The van der Waals surface area contributed by atoms with Gasteiger partial charge in [-0.15, -0.1) is 12.4 Å². The lowest BCUT2D eigenvalue weighted by Gasteiger charge is -2.08. The number of hydrogen-bond donors (Lipinski definition) is 3. The van der Waals surface area contributed by atoms with E-state index in [9.17, 15) is 9.59 Å². The number of anilines is 1. The normalized spacial score (nSPS) is 9.80. The van der Waals surface area contributed by atoms with Crippen LogP contribution < -0.4 is 16.4 Å². The minimum Gasteiger partial charge on any atom is -0.399 e. The molecule has 5 nitrogen and oxygen atoms in total. The molecule has 0 aliphatic rings. The van der Waals surface area contributed by atoms with Gasteiger partial charge in [0.25, 0.3) is 11.8 Å². The van der Waals surface area contributed by atoms with E-state index in [0.717, 1.165) is 24.1 Å². The average molecular weight is 362 g/mol. The van der Waals surface area contributed by atoms with Crippen LogP contribution in [0.25, 0.3) is 0 Å². The number of nitrogens with one attached hydrogen (secondary N) is 2. The molecular weight excluding hydrogens is 338 g/mol. The standard InChI is InChI=1S/C19H23N3O2.ClH/c1-2-11-21-18(23)15-4-3-5-16(13-15)19(24)22-12-10-14-6-8-17(20)9-7-14;/h3-9,13H,2,10-12,20H2,1H3,(H,21,23)(H,22,24);1H. The maximum atomic E-state index is 12.2. The topological polar surface area (TPSA) is 84.2 Å². The van der Waals surface area contributed by atoms with E-state index >= 15 is 0 Å². The number of hydrogen-bond acceptors (Lipinski definition) is 3. The number of carbonyl (C=O) groups is 2. The fourth-order valence-corrected chi connectivity index (χ4v) is 2.25. The van der Waals surface area contributed by atoms with Gasteiger partial charge in [0.2, 0.25) is 0 Å². The van der Waals surface area contributed by atoms with E-state index in [1.165, 1.54) is 0 Å². The Bertz CT molecular complexity index is 702. The predicted molar refractivity (Wildman–Crippen MR) is 103 cm³/mol. The molecule has 2 amide bonds. The summed E-state index contributed by atoms with van der Waals surface area (Å²) in [5, 5.41) is 5.67. The monoisotopic (exact) mass is 361 g/mol. The Morgan fingerprint density at radius 2 is 1.48 bits per heavy atom. The largest absolute Gasteiger partial charge is 0.399 e. The molecule has 0 atom stereocenters. The Hall–Kier alpha value is -2.53. The molecule has 0 heterocycles. The van der Waals surface area contributed by atoms with Crippen molar-refractivity contribution in [3.63, 3.8) is 0 Å². The van der Waals surface area contributed by atoms with Gasteiger partial charge in [-0.1, -0.05) is 25.1 Å². The predicted octanol–water partition coefficient (Wildman–Crippen LogP) is 2.80. The molecule has 2 aromatic carbocycles. The third kappa shape index (κ3) is 6.47. The number of halogens is 1. The molecule has 0 fully saturated rings. The molecule has 134 valence electrons. The highest BCUT2D eigenvalue weighted by Crippen LogP contribution is 2.07. The highest BCUT2D eigenvalue weighted by molar-refractivity contribution is 5.99. The zero-order valence-electron chi connectivity index (χ0n) is 14.2. The Morgan fingerprint density at radius 1 is 0.920 bits per heavy atom. The van der Waals surface area contributed by atoms with Crippen molar-refractivity contribution < 1.29 is 9.59 Å². The van der Waals surface area contributed by atoms with Crippen LogP contribution in [0.5, 0.6) is 0 Å². The van der Waals surface area contributed by atoms with Crippen LogP contribution in [0, 0.1) is 0 Å². The van der Waals surface area contributed by atoms with E-state index in [1.54, 1.807) is 24.3 Å². The van der Waals surface area contributed by atoms with Gasteiger partial charge in [0.05, 0.1) is 0 Å². The van der Waals surface area contributed by atoms with E-state index < -0.39 is 0 Å². The fraction of sp³-hybridized carbons (Fsp3) is 0.263. The smallest absolute Gasteiger partial charge is 0.251 e. The third-order valence-corrected chi connectivity index (χ3v) is 3.60. The third-order valence-electron chi connectivity index (χ3n) is 3.60. The fourth-order valence-electron chi connectivity index (χ4n) is 2.25. The molecule has 2 rings (SSSR count). The van der Waals surface area contributed by atoms with E-state index in [-0.39, 0.29) is 24.2 Å². The number of nitrogen functional groups attached to an aromatic ring is 1. The van der Waals surface area contributed by atoms with Gasteiger partial charge in [0.1, 0.15) is 0 Å². The van der Waals surface area contributed by atoms with Crippen LogP contribution in [0.15, 0.2) is 48.5 Å². The van der Waals surface area contributed by atoms with Gasteiger partial charge in [0, 0.05) is 29.9 Å². The van der Waals surface area contributed by atoms with Crippen molar-refractivity contribution in [2.24, 2.45) is 0 Å². The van der Waals surface area contributed by atoms with Crippen LogP contribution in [0.3, 0.4) is 0 Å². The first-order chi connectivity index (χ1) is 11.6. The second-order valence-electron chi connectivity index (χ2n) is 5.58. The quantitative estimate of drug-likeness (QED) is 0.663. The number of nitrogens with two attached hydrogens (primary N) is 1. The van der Waals surface area contributed by atoms with Crippen molar-refractivity contribution in [3.8, 4) is 0 Å². The molecule has 0 radical (unpaired) electrons. The lowest BCUT2D eigenvalue weighted by atomic mass is 10.1. The Labute approximate surface area is 154 Å². The van der Waals surface area contributed by atoms with Gasteiger partial charge in [0.15, 0.2) is 0 Å². The molecular formula is C19H24ClN3O2. The summed E-state index contributed by atoms with van der Waals surface area (Å²) in [6.07, 6.45) is 1.60. The summed E-state index contributed by atoms with van der Waals surface area (Å²) in [6.45, 7) is 3.14. The number of carbonyl (C=O) groups excluding carboxylic acids is 2. The summed E-state index contributed by atoms with van der Waals surface area (Å²) in [7, 11) is 0. The summed E-state index contributed by atoms with van der Waals surface area (Å²) in [6, 6.07) is 14.3. The molecule has 0 spiro atoms. The number of benzene rings is 2. The van der Waals surface area contributed by atoms with Crippen molar-refractivity contribution in [1.29, 1.82) is 0 Å². The van der Waals surface area contributed by atoms with Gasteiger partial charge in [-0.3, -0.25) is 9.59 Å². The number of rotatable bonds is 7. The van der Waals surface area contributed by atoms with Crippen molar-refractivity contribution >= 4 is 29.9 Å². The summed E-state index contributed by atoms with van der Waals surface area (Å²) < 4.78 is 0. The molecule has 0 aliphatic carbocycles. The highest BCUT2D eigenvalue weighted by Gasteiger charge is 2.09. The Balaban J connectivity index is 0.00000312. The van der Waals surface area contributed by atoms with Crippen molar-refractivity contribution in [1.82, 2.24) is 10.6 Å². The first kappa shape index (κ1) is 20.5. The Kier molecular flexibility index (Phi) is 8.50. The van der Waals surface area contributed by atoms with E-state index in [2.05, 4.69) is 10.6 Å². The molecule has 0 bridgehead atoms. The molecule has 0 aliphatic heterocycles. The van der Waals surface area contributed by atoms with Gasteiger partial charge < -0.3 is 16.4 Å². The van der Waals surface area contributed by atoms with Gasteiger partial charge in [-0.05, 0) is 48.7 Å². The zero-order chi connectivity index (χ0) is 17.4. The Morgan fingerprint density at radius 3 is 2.04 bits per heavy atom. The van der Waals surface area contributed by atoms with E-state index in [1.807, 2.05) is 31.2 Å². The SMILES string of the molecule is CCCNC(=O)c1cccc(C(=O)NCCc2ccc(N)cc2)c1.Cl. The minimum atomic E-state index is -0.185. The van der Waals surface area contributed by atoms with Crippen LogP contribution in [-0.4, -0.2) is 24.9 Å².